The Kier molecular flexibility index (Phi) is 5.93. The van der Waals surface area contributed by atoms with Crippen molar-refractivity contribution in [3.05, 3.63) is 10.5 Å². The van der Waals surface area contributed by atoms with E-state index in [-0.39, 0.29) is 11.7 Å². The molecule has 1 heterocycles. The van der Waals surface area contributed by atoms with Crippen molar-refractivity contribution in [1.29, 1.82) is 0 Å². The SMILES string of the molecule is CCNC(CSc1n[nH]c(=O)n1C)C(=O)OCC. The third-order valence-corrected chi connectivity index (χ3v) is 3.36. The van der Waals surface area contributed by atoms with Crippen molar-refractivity contribution in [2.24, 2.45) is 7.05 Å². The molecule has 18 heavy (non-hydrogen) atoms. The predicted molar refractivity (Wildman–Crippen MR) is 68.7 cm³/mol. The average molecular weight is 274 g/mol. The number of rotatable bonds is 7. The van der Waals surface area contributed by atoms with Gasteiger partial charge in [-0.05, 0) is 13.5 Å². The van der Waals surface area contributed by atoms with E-state index in [2.05, 4.69) is 15.5 Å². The molecule has 0 aromatic carbocycles. The van der Waals surface area contributed by atoms with Crippen molar-refractivity contribution < 1.29 is 9.53 Å². The van der Waals surface area contributed by atoms with Gasteiger partial charge in [-0.25, -0.2) is 9.89 Å². The molecule has 0 spiro atoms. The Labute approximate surface area is 109 Å². The number of aromatic nitrogens is 3. The first-order valence-electron chi connectivity index (χ1n) is 5.74. The zero-order valence-corrected chi connectivity index (χ0v) is 11.5. The number of thioether (sulfide) groups is 1. The van der Waals surface area contributed by atoms with Crippen LogP contribution in [0.5, 0.6) is 0 Å². The minimum atomic E-state index is -0.397. The first-order chi connectivity index (χ1) is 8.60. The Morgan fingerprint density at radius 3 is 2.83 bits per heavy atom. The van der Waals surface area contributed by atoms with E-state index in [0.29, 0.717) is 24.1 Å². The van der Waals surface area contributed by atoms with E-state index in [4.69, 9.17) is 4.74 Å². The molecule has 0 saturated carbocycles. The summed E-state index contributed by atoms with van der Waals surface area (Å²) in [5.41, 5.74) is -0.270. The van der Waals surface area contributed by atoms with Gasteiger partial charge in [0.05, 0.1) is 6.61 Å². The number of carbonyl (C=O) groups excluding carboxylic acids is 1. The quantitative estimate of drug-likeness (QED) is 0.526. The third-order valence-electron chi connectivity index (χ3n) is 2.24. The summed E-state index contributed by atoms with van der Waals surface area (Å²) in [7, 11) is 1.63. The largest absolute Gasteiger partial charge is 0.465 e. The van der Waals surface area contributed by atoms with Crippen LogP contribution >= 0.6 is 11.8 Å². The van der Waals surface area contributed by atoms with Crippen LogP contribution in [0.25, 0.3) is 0 Å². The lowest BCUT2D eigenvalue weighted by Gasteiger charge is -2.15. The van der Waals surface area contributed by atoms with E-state index >= 15 is 0 Å². The van der Waals surface area contributed by atoms with Gasteiger partial charge >= 0.3 is 11.7 Å². The van der Waals surface area contributed by atoms with Gasteiger partial charge < -0.3 is 10.1 Å². The fraction of sp³-hybridized carbons (Fsp3) is 0.700. The molecule has 1 unspecified atom stereocenters. The standard InChI is InChI=1S/C10H18N4O3S/c1-4-11-7(8(15)17-5-2)6-18-10-13-12-9(16)14(10)3/h7,11H,4-6H2,1-3H3,(H,12,16). The molecule has 0 amide bonds. The van der Waals surface area contributed by atoms with E-state index in [1.54, 1.807) is 14.0 Å². The smallest absolute Gasteiger partial charge is 0.343 e. The molecule has 8 heteroatoms. The number of H-pyrrole nitrogens is 1. The van der Waals surface area contributed by atoms with Gasteiger partial charge in [-0.2, -0.15) is 0 Å². The van der Waals surface area contributed by atoms with Crippen LogP contribution in [0, 0.1) is 0 Å². The number of esters is 1. The second-order valence-electron chi connectivity index (χ2n) is 3.54. The zero-order valence-electron chi connectivity index (χ0n) is 10.7. The number of aromatic amines is 1. The third kappa shape index (κ3) is 3.88. The van der Waals surface area contributed by atoms with Crippen LogP contribution in [0.2, 0.25) is 0 Å². The molecule has 0 aliphatic heterocycles. The van der Waals surface area contributed by atoms with Gasteiger partial charge in [0.15, 0.2) is 5.16 Å². The topological polar surface area (TPSA) is 89.0 Å². The molecule has 102 valence electrons. The van der Waals surface area contributed by atoms with E-state index < -0.39 is 6.04 Å². The Morgan fingerprint density at radius 1 is 1.61 bits per heavy atom. The molecular formula is C10H18N4O3S. The summed E-state index contributed by atoms with van der Waals surface area (Å²) in [6, 6.07) is -0.397. The van der Waals surface area contributed by atoms with Crippen molar-refractivity contribution in [3.8, 4) is 0 Å². The zero-order chi connectivity index (χ0) is 13.5. The summed E-state index contributed by atoms with van der Waals surface area (Å²) in [6.07, 6.45) is 0. The van der Waals surface area contributed by atoms with Crippen molar-refractivity contribution in [2.45, 2.75) is 25.0 Å². The van der Waals surface area contributed by atoms with Crippen molar-refractivity contribution >= 4 is 17.7 Å². The molecule has 1 aromatic heterocycles. The van der Waals surface area contributed by atoms with Crippen LogP contribution in [0.1, 0.15) is 13.8 Å². The molecule has 1 aromatic rings. The molecule has 0 aliphatic carbocycles. The maximum atomic E-state index is 11.6. The van der Waals surface area contributed by atoms with Crippen LogP contribution in [-0.2, 0) is 16.6 Å². The molecule has 0 bridgehead atoms. The normalized spacial score (nSPS) is 12.4. The predicted octanol–water partition coefficient (Wildman–Crippen LogP) is -0.258. The molecule has 1 atom stereocenters. The van der Waals surface area contributed by atoms with E-state index in [9.17, 15) is 9.59 Å². The first-order valence-corrected chi connectivity index (χ1v) is 6.72. The van der Waals surface area contributed by atoms with Crippen LogP contribution < -0.4 is 11.0 Å². The number of nitrogens with one attached hydrogen (secondary N) is 2. The first kappa shape index (κ1) is 14.8. The van der Waals surface area contributed by atoms with Gasteiger partial charge in [0.1, 0.15) is 6.04 Å². The molecule has 2 N–H and O–H groups in total. The minimum absolute atomic E-state index is 0.270. The Bertz CT molecular complexity index is 443. The summed E-state index contributed by atoms with van der Waals surface area (Å²) in [5.74, 6) is 0.178. The maximum absolute atomic E-state index is 11.6. The summed E-state index contributed by atoms with van der Waals surface area (Å²) in [4.78, 5) is 22.8. The second-order valence-corrected chi connectivity index (χ2v) is 4.53. The lowest BCUT2D eigenvalue weighted by atomic mass is 10.3. The lowest BCUT2D eigenvalue weighted by Crippen LogP contribution is -2.40. The van der Waals surface area contributed by atoms with Gasteiger partial charge in [-0.3, -0.25) is 9.36 Å². The highest BCUT2D eigenvalue weighted by molar-refractivity contribution is 7.99. The molecule has 7 nitrogen and oxygen atoms in total. The highest BCUT2D eigenvalue weighted by Gasteiger charge is 2.20. The lowest BCUT2D eigenvalue weighted by molar-refractivity contribution is -0.144. The fourth-order valence-electron chi connectivity index (χ4n) is 1.32. The molecule has 0 saturated heterocycles. The monoisotopic (exact) mass is 274 g/mol. The second kappa shape index (κ2) is 7.22. The molecular weight excluding hydrogens is 256 g/mol. The van der Waals surface area contributed by atoms with E-state index in [1.807, 2.05) is 6.92 Å². The summed E-state index contributed by atoms with van der Waals surface area (Å²) in [5, 5.41) is 9.80. The minimum Gasteiger partial charge on any atom is -0.465 e. The molecule has 0 aliphatic rings. The summed E-state index contributed by atoms with van der Waals surface area (Å²) < 4.78 is 6.37. The maximum Gasteiger partial charge on any atom is 0.343 e. The number of hydrogen-bond acceptors (Lipinski definition) is 6. The van der Waals surface area contributed by atoms with E-state index in [1.165, 1.54) is 16.3 Å². The van der Waals surface area contributed by atoms with E-state index in [0.717, 1.165) is 0 Å². The number of likely N-dealkylation sites (N-methyl/N-ethyl adjacent to an activating group) is 1. The Hall–Kier alpha value is -1.28. The van der Waals surface area contributed by atoms with Gasteiger partial charge in [0.25, 0.3) is 0 Å². The van der Waals surface area contributed by atoms with Gasteiger partial charge in [-0.15, -0.1) is 5.10 Å². The highest BCUT2D eigenvalue weighted by atomic mass is 32.2. The van der Waals surface area contributed by atoms with Crippen molar-refractivity contribution in [1.82, 2.24) is 20.1 Å². The van der Waals surface area contributed by atoms with Crippen LogP contribution in [-0.4, -0.2) is 45.7 Å². The van der Waals surface area contributed by atoms with Gasteiger partial charge in [0, 0.05) is 12.8 Å². The molecule has 0 fully saturated rings. The van der Waals surface area contributed by atoms with Crippen molar-refractivity contribution in [3.63, 3.8) is 0 Å². The fourth-order valence-corrected chi connectivity index (χ4v) is 2.28. The van der Waals surface area contributed by atoms with Crippen molar-refractivity contribution in [2.75, 3.05) is 18.9 Å². The van der Waals surface area contributed by atoms with Crippen LogP contribution in [0.4, 0.5) is 0 Å². The number of carbonyl (C=O) groups is 1. The van der Waals surface area contributed by atoms with Crippen LogP contribution in [0.15, 0.2) is 9.95 Å². The molecule has 1 rings (SSSR count). The summed E-state index contributed by atoms with van der Waals surface area (Å²) in [6.45, 7) is 4.71. The van der Waals surface area contributed by atoms with Gasteiger partial charge in [-0.1, -0.05) is 18.7 Å². The van der Waals surface area contributed by atoms with Crippen LogP contribution in [0.3, 0.4) is 0 Å². The number of nitrogens with zero attached hydrogens (tertiary/aromatic N) is 2. The number of hydrogen-bond donors (Lipinski definition) is 2. The molecule has 0 radical (unpaired) electrons. The highest BCUT2D eigenvalue weighted by Crippen LogP contribution is 2.13. The number of ether oxygens (including phenoxy) is 1. The Morgan fingerprint density at radius 2 is 2.33 bits per heavy atom. The van der Waals surface area contributed by atoms with Gasteiger partial charge in [0.2, 0.25) is 0 Å². The summed E-state index contributed by atoms with van der Waals surface area (Å²) >= 11 is 1.33. The average Bonchev–Trinajstić information content (AvgIpc) is 2.66. The Balaban J connectivity index is 2.59.